The summed E-state index contributed by atoms with van der Waals surface area (Å²) in [7, 11) is 0. The number of rotatable bonds is 4. The first-order chi connectivity index (χ1) is 15.7. The van der Waals surface area contributed by atoms with E-state index in [1.807, 2.05) is 30.3 Å². The maximum absolute atomic E-state index is 13.3. The minimum atomic E-state index is -1.99. The summed E-state index contributed by atoms with van der Waals surface area (Å²) in [5.74, 6) is -3.28. The molecule has 0 bridgehead atoms. The molecule has 11 heteroatoms. The van der Waals surface area contributed by atoms with Crippen molar-refractivity contribution in [2.75, 3.05) is 0 Å². The van der Waals surface area contributed by atoms with Crippen LogP contribution in [0.5, 0.6) is 0 Å². The Morgan fingerprint density at radius 1 is 1.30 bits per heavy atom. The average molecular weight is 561 g/mol. The second kappa shape index (κ2) is 7.63. The lowest BCUT2D eigenvalue weighted by Crippen LogP contribution is -2.46. The topological polar surface area (TPSA) is 151 Å². The molecule has 0 spiro atoms. The molecule has 2 aliphatic heterocycles. The Kier molecular flexibility index (Phi) is 4.97. The molecule has 33 heavy (non-hydrogen) atoms. The number of ether oxygens (including phenoxy) is 2. The molecule has 0 saturated heterocycles. The van der Waals surface area contributed by atoms with Crippen molar-refractivity contribution in [1.29, 1.82) is 0 Å². The number of carboxylic acid groups (broad SMARTS) is 1. The summed E-state index contributed by atoms with van der Waals surface area (Å²) in [5.41, 5.74) is 8.24. The lowest BCUT2D eigenvalue weighted by Gasteiger charge is -2.32. The first kappa shape index (κ1) is 21.5. The van der Waals surface area contributed by atoms with Crippen molar-refractivity contribution in [3.8, 4) is 11.4 Å². The van der Waals surface area contributed by atoms with E-state index in [0.29, 0.717) is 17.9 Å². The van der Waals surface area contributed by atoms with Gasteiger partial charge in [0.15, 0.2) is 0 Å². The molecule has 0 radical (unpaired) electrons. The quantitative estimate of drug-likeness (QED) is 0.214. The van der Waals surface area contributed by atoms with Crippen LogP contribution in [0.15, 0.2) is 41.2 Å². The van der Waals surface area contributed by atoms with E-state index in [9.17, 15) is 19.2 Å². The van der Waals surface area contributed by atoms with Crippen LogP contribution in [0, 0.1) is 0 Å². The number of aliphatic carboxylic acids is 1. The normalized spacial score (nSPS) is 19.3. The highest BCUT2D eigenvalue weighted by molar-refractivity contribution is 14.1. The maximum atomic E-state index is 13.3. The SMILES string of the molecule is NC(CC(=O)O)C(=O)O[C@]1(I)C(=O)OCc2c1cc1n(c2=O)Cc2cc3ccccc3nc2-1. The fraction of sp³-hybridized carbons (Fsp3) is 0.227. The number of esters is 2. The second-order valence-corrected chi connectivity index (χ2v) is 9.32. The van der Waals surface area contributed by atoms with E-state index in [0.717, 1.165) is 16.5 Å². The number of hydrogen-bond acceptors (Lipinski definition) is 8. The average Bonchev–Trinajstić information content (AvgIpc) is 3.13. The third-order valence-corrected chi connectivity index (χ3v) is 6.91. The number of benzene rings is 1. The monoisotopic (exact) mass is 561 g/mol. The number of hydrogen-bond donors (Lipinski definition) is 2. The van der Waals surface area contributed by atoms with E-state index in [2.05, 4.69) is 0 Å². The Bertz CT molecular complexity index is 1430. The number of para-hydroxylation sites is 1. The van der Waals surface area contributed by atoms with Gasteiger partial charge in [0.2, 0.25) is 0 Å². The number of fused-ring (bicyclic) bond motifs is 5. The fourth-order valence-electron chi connectivity index (χ4n) is 4.06. The van der Waals surface area contributed by atoms with Crippen molar-refractivity contribution in [3.05, 3.63) is 63.4 Å². The predicted octanol–water partition coefficient (Wildman–Crippen LogP) is 1.41. The maximum Gasteiger partial charge on any atom is 0.366 e. The van der Waals surface area contributed by atoms with Gasteiger partial charge in [0.05, 0.1) is 35.4 Å². The van der Waals surface area contributed by atoms with Crippen molar-refractivity contribution >= 4 is 51.4 Å². The Hall–Kier alpha value is -3.32. The minimum absolute atomic E-state index is 0.161. The number of nitrogens with two attached hydrogens (primary N) is 1. The first-order valence-electron chi connectivity index (χ1n) is 9.91. The predicted molar refractivity (Wildman–Crippen MR) is 122 cm³/mol. The van der Waals surface area contributed by atoms with Gasteiger partial charge in [0, 0.05) is 16.5 Å². The molecule has 2 aromatic heterocycles. The van der Waals surface area contributed by atoms with Gasteiger partial charge in [-0.2, -0.15) is 0 Å². The number of alkyl halides is 1. The van der Waals surface area contributed by atoms with Gasteiger partial charge in [0.25, 0.3) is 9.17 Å². The molecule has 1 unspecified atom stereocenters. The molecule has 4 heterocycles. The van der Waals surface area contributed by atoms with Crippen molar-refractivity contribution in [1.82, 2.24) is 9.55 Å². The van der Waals surface area contributed by atoms with E-state index in [1.54, 1.807) is 33.2 Å². The molecule has 0 aliphatic carbocycles. The minimum Gasteiger partial charge on any atom is -0.481 e. The van der Waals surface area contributed by atoms with Gasteiger partial charge in [-0.25, -0.2) is 9.78 Å². The zero-order valence-corrected chi connectivity index (χ0v) is 19.1. The fourth-order valence-corrected chi connectivity index (χ4v) is 4.92. The summed E-state index contributed by atoms with van der Waals surface area (Å²) in [6.07, 6.45) is -0.676. The van der Waals surface area contributed by atoms with Crippen LogP contribution in [-0.2, 0) is 40.6 Å². The number of pyridine rings is 2. The van der Waals surface area contributed by atoms with Gasteiger partial charge >= 0.3 is 17.9 Å². The van der Waals surface area contributed by atoms with Gasteiger partial charge < -0.3 is 24.9 Å². The molecular formula is C22H16IN3O7. The highest BCUT2D eigenvalue weighted by Gasteiger charge is 2.50. The molecule has 2 aliphatic rings. The van der Waals surface area contributed by atoms with Crippen LogP contribution in [0.1, 0.15) is 23.1 Å². The molecule has 1 aromatic carbocycles. The number of carbonyl (C=O) groups is 3. The number of aromatic nitrogens is 2. The van der Waals surface area contributed by atoms with E-state index in [4.69, 9.17) is 25.3 Å². The van der Waals surface area contributed by atoms with Crippen molar-refractivity contribution in [3.63, 3.8) is 0 Å². The van der Waals surface area contributed by atoms with Crippen LogP contribution in [0.2, 0.25) is 0 Å². The number of nitrogens with zero attached hydrogens (tertiary/aromatic N) is 2. The molecule has 3 aromatic rings. The van der Waals surface area contributed by atoms with E-state index >= 15 is 0 Å². The highest BCUT2D eigenvalue weighted by Crippen LogP contribution is 2.43. The smallest absolute Gasteiger partial charge is 0.366 e. The Balaban J connectivity index is 1.64. The van der Waals surface area contributed by atoms with E-state index < -0.39 is 34.0 Å². The zero-order chi connectivity index (χ0) is 23.5. The van der Waals surface area contributed by atoms with E-state index in [-0.39, 0.29) is 23.3 Å². The number of carbonyl (C=O) groups excluding carboxylic acids is 2. The standard InChI is InChI=1S/C22H16IN3O7/c23-22(33-20(30)14(24)7-17(27)28)13-6-16-18-11(5-10-3-1-2-4-15(10)25-18)8-26(16)19(29)12(13)9-32-21(22)31/h1-6,14H,7-9,24H2,(H,27,28)/t14?,22-/m0/s1. The number of cyclic esters (lactones) is 1. The Morgan fingerprint density at radius 2 is 2.06 bits per heavy atom. The lowest BCUT2D eigenvalue weighted by molar-refractivity contribution is -0.175. The lowest BCUT2D eigenvalue weighted by atomic mass is 10.00. The molecule has 0 saturated carbocycles. The van der Waals surface area contributed by atoms with Crippen LogP contribution >= 0.6 is 22.6 Å². The van der Waals surface area contributed by atoms with Gasteiger partial charge in [0.1, 0.15) is 12.6 Å². The summed E-state index contributed by atoms with van der Waals surface area (Å²) < 4.78 is 10.1. The molecule has 3 N–H and O–H groups in total. The first-order valence-corrected chi connectivity index (χ1v) is 11.0. The molecule has 0 fully saturated rings. The van der Waals surface area contributed by atoms with Gasteiger partial charge in [-0.15, -0.1) is 0 Å². The summed E-state index contributed by atoms with van der Waals surface area (Å²) in [4.78, 5) is 54.1. The van der Waals surface area contributed by atoms with Crippen molar-refractivity contribution < 1.29 is 29.0 Å². The number of carboxylic acids is 1. The third kappa shape index (κ3) is 3.38. The van der Waals surface area contributed by atoms with Gasteiger partial charge in [-0.3, -0.25) is 14.4 Å². The molecule has 2 atom stereocenters. The summed E-state index contributed by atoms with van der Waals surface area (Å²) in [6, 6.07) is 9.64. The zero-order valence-electron chi connectivity index (χ0n) is 16.9. The van der Waals surface area contributed by atoms with Crippen LogP contribution in [0.25, 0.3) is 22.3 Å². The van der Waals surface area contributed by atoms with Gasteiger partial charge in [-0.1, -0.05) is 18.2 Å². The van der Waals surface area contributed by atoms with Crippen molar-refractivity contribution in [2.24, 2.45) is 5.73 Å². The van der Waals surface area contributed by atoms with Crippen LogP contribution in [-0.4, -0.2) is 38.6 Å². The van der Waals surface area contributed by atoms with Crippen LogP contribution < -0.4 is 11.3 Å². The van der Waals surface area contributed by atoms with Crippen LogP contribution in [0.4, 0.5) is 0 Å². The van der Waals surface area contributed by atoms with Crippen molar-refractivity contribution in [2.45, 2.75) is 29.2 Å². The molecule has 10 nitrogen and oxygen atoms in total. The Labute approximate surface area is 199 Å². The molecular weight excluding hydrogens is 545 g/mol. The molecule has 0 amide bonds. The summed E-state index contributed by atoms with van der Waals surface area (Å²) in [6.45, 7) is 0.0303. The summed E-state index contributed by atoms with van der Waals surface area (Å²) in [5, 5.41) is 9.83. The third-order valence-electron chi connectivity index (χ3n) is 5.67. The van der Waals surface area contributed by atoms with E-state index in [1.165, 1.54) is 0 Å². The Morgan fingerprint density at radius 3 is 2.82 bits per heavy atom. The highest BCUT2D eigenvalue weighted by atomic mass is 127. The number of halogens is 1. The van der Waals surface area contributed by atoms with Gasteiger partial charge in [-0.05, 0) is 40.8 Å². The molecule has 168 valence electrons. The molecule has 5 rings (SSSR count). The summed E-state index contributed by atoms with van der Waals surface area (Å²) >= 11 is 1.60. The van der Waals surface area contributed by atoms with Crippen LogP contribution in [0.3, 0.4) is 0 Å². The largest absolute Gasteiger partial charge is 0.481 e. The second-order valence-electron chi connectivity index (χ2n) is 7.80.